The van der Waals surface area contributed by atoms with Gasteiger partial charge in [-0.1, -0.05) is 52.3 Å². The first-order chi connectivity index (χ1) is 11.5. The van der Waals surface area contributed by atoms with Crippen molar-refractivity contribution in [2.24, 2.45) is 0 Å². The van der Waals surface area contributed by atoms with Crippen LogP contribution in [0.4, 0.5) is 0 Å². The molecule has 0 atom stereocenters. The Morgan fingerprint density at radius 3 is 1.67 bits per heavy atom. The third-order valence-corrected chi connectivity index (χ3v) is 3.95. The number of benzene rings is 2. The molecule has 0 unspecified atom stereocenters. The number of rotatable bonds is 8. The molecule has 0 aliphatic rings. The molecule has 0 saturated carbocycles. The third-order valence-electron chi connectivity index (χ3n) is 3.69. The van der Waals surface area contributed by atoms with Crippen molar-refractivity contribution >= 4 is 27.9 Å². The summed E-state index contributed by atoms with van der Waals surface area (Å²) in [6, 6.07) is 13.5. The van der Waals surface area contributed by atoms with Crippen LogP contribution in [0.5, 0.6) is 0 Å². The van der Waals surface area contributed by atoms with Gasteiger partial charge in [-0.3, -0.25) is 0 Å². The molecule has 126 valence electrons. The van der Waals surface area contributed by atoms with Gasteiger partial charge in [-0.25, -0.2) is 9.59 Å². The molecule has 0 radical (unpaired) electrons. The summed E-state index contributed by atoms with van der Waals surface area (Å²) >= 11 is 3.22. The second-order valence-corrected chi connectivity index (χ2v) is 5.69. The van der Waals surface area contributed by atoms with Crippen molar-refractivity contribution in [3.63, 3.8) is 0 Å². The number of hydrogen-bond donors (Lipinski definition) is 2. The number of hydrogen-bond acceptors (Lipinski definition) is 3. The average molecular weight is 393 g/mol. The van der Waals surface area contributed by atoms with E-state index in [2.05, 4.69) is 15.9 Å². The first-order valence-electron chi connectivity index (χ1n) is 7.33. The fourth-order valence-electron chi connectivity index (χ4n) is 2.58. The lowest BCUT2D eigenvalue weighted by atomic mass is 9.95. The lowest BCUT2D eigenvalue weighted by Gasteiger charge is -2.19. The Morgan fingerprint density at radius 1 is 0.875 bits per heavy atom. The predicted octanol–water partition coefficient (Wildman–Crippen LogP) is 3.61. The van der Waals surface area contributed by atoms with Crippen LogP contribution in [-0.2, 0) is 17.6 Å². The molecule has 0 aliphatic heterocycles. The SMILES string of the molecule is O=C(O)c1ccccc1CC(Cc1ccccc1C(=O)O)OCBr. The van der Waals surface area contributed by atoms with E-state index in [0.717, 1.165) is 0 Å². The summed E-state index contributed by atoms with van der Waals surface area (Å²) in [6.07, 6.45) is 0.412. The Balaban J connectivity index is 2.25. The highest BCUT2D eigenvalue weighted by Gasteiger charge is 2.18. The number of halogens is 1. The largest absolute Gasteiger partial charge is 0.478 e. The van der Waals surface area contributed by atoms with Crippen LogP contribution in [0.1, 0.15) is 31.8 Å². The fraction of sp³-hybridized carbons (Fsp3) is 0.222. The van der Waals surface area contributed by atoms with Crippen LogP contribution in [0.3, 0.4) is 0 Å². The maximum absolute atomic E-state index is 11.3. The molecule has 0 heterocycles. The summed E-state index contributed by atoms with van der Waals surface area (Å²) in [5.41, 5.74) is 2.05. The van der Waals surface area contributed by atoms with Gasteiger partial charge in [0.25, 0.3) is 0 Å². The van der Waals surface area contributed by atoms with E-state index in [4.69, 9.17) is 4.74 Å². The molecule has 2 N–H and O–H groups in total. The zero-order valence-electron chi connectivity index (χ0n) is 12.8. The van der Waals surface area contributed by atoms with Crippen LogP contribution < -0.4 is 0 Å². The minimum atomic E-state index is -0.992. The molecule has 0 saturated heterocycles. The summed E-state index contributed by atoms with van der Waals surface area (Å²) in [7, 11) is 0. The van der Waals surface area contributed by atoms with Crippen LogP contribution in [0.25, 0.3) is 0 Å². The lowest BCUT2D eigenvalue weighted by molar-refractivity contribution is 0.0685. The van der Waals surface area contributed by atoms with Gasteiger partial charge in [-0.05, 0) is 36.1 Å². The smallest absolute Gasteiger partial charge is 0.335 e. The molecule has 24 heavy (non-hydrogen) atoms. The standard InChI is InChI=1S/C18H17BrO5/c19-11-24-14(9-12-5-1-3-7-15(12)17(20)21)10-13-6-2-4-8-16(13)18(22)23/h1-8,14H,9-11H2,(H,20,21)(H,22,23). The summed E-state index contributed by atoms with van der Waals surface area (Å²) in [5, 5.41) is 18.6. The predicted molar refractivity (Wildman–Crippen MR) is 92.9 cm³/mol. The van der Waals surface area contributed by atoms with Crippen LogP contribution >= 0.6 is 15.9 Å². The number of carboxylic acids is 2. The van der Waals surface area contributed by atoms with Gasteiger partial charge >= 0.3 is 11.9 Å². The second-order valence-electron chi connectivity index (χ2n) is 5.23. The normalized spacial score (nSPS) is 10.8. The number of ether oxygens (including phenoxy) is 1. The molecule has 0 fully saturated rings. The van der Waals surface area contributed by atoms with E-state index in [0.29, 0.717) is 24.0 Å². The molecule has 5 nitrogen and oxygen atoms in total. The maximum atomic E-state index is 11.3. The van der Waals surface area contributed by atoms with Crippen molar-refractivity contribution in [2.75, 3.05) is 5.52 Å². The van der Waals surface area contributed by atoms with Crippen molar-refractivity contribution in [3.8, 4) is 0 Å². The minimum absolute atomic E-state index is 0.229. The highest BCUT2D eigenvalue weighted by molar-refractivity contribution is 9.09. The number of alkyl halides is 1. The van der Waals surface area contributed by atoms with Crippen LogP contribution in [-0.4, -0.2) is 33.8 Å². The fourth-order valence-corrected chi connectivity index (χ4v) is 2.96. The van der Waals surface area contributed by atoms with Crippen molar-refractivity contribution in [2.45, 2.75) is 18.9 Å². The Hall–Kier alpha value is -2.18. The topological polar surface area (TPSA) is 83.8 Å². The Morgan fingerprint density at radius 2 is 1.29 bits per heavy atom. The summed E-state index contributed by atoms with van der Waals surface area (Å²) < 4.78 is 5.65. The van der Waals surface area contributed by atoms with E-state index in [1.807, 2.05) is 0 Å². The van der Waals surface area contributed by atoms with Crippen molar-refractivity contribution in [3.05, 3.63) is 70.8 Å². The Kier molecular flexibility index (Phi) is 6.52. The molecule has 0 bridgehead atoms. The molecule has 0 spiro atoms. The van der Waals surface area contributed by atoms with Crippen LogP contribution in [0.15, 0.2) is 48.5 Å². The molecule has 0 aliphatic carbocycles. The molecule has 6 heteroatoms. The molecular weight excluding hydrogens is 376 g/mol. The molecule has 2 rings (SSSR count). The molecule has 0 amide bonds. The minimum Gasteiger partial charge on any atom is -0.478 e. The lowest BCUT2D eigenvalue weighted by Crippen LogP contribution is -2.21. The highest BCUT2D eigenvalue weighted by Crippen LogP contribution is 2.19. The van der Waals surface area contributed by atoms with Crippen LogP contribution in [0, 0.1) is 0 Å². The van der Waals surface area contributed by atoms with Gasteiger partial charge < -0.3 is 14.9 Å². The van der Waals surface area contributed by atoms with Gasteiger partial charge in [0, 0.05) is 0 Å². The molecule has 0 aromatic heterocycles. The van der Waals surface area contributed by atoms with Gasteiger partial charge in [0.15, 0.2) is 0 Å². The summed E-state index contributed by atoms with van der Waals surface area (Å²) in [5.74, 6) is -1.98. The van der Waals surface area contributed by atoms with Crippen molar-refractivity contribution in [1.82, 2.24) is 0 Å². The summed E-state index contributed by atoms with van der Waals surface area (Å²) in [6.45, 7) is 0. The van der Waals surface area contributed by atoms with Crippen molar-refractivity contribution < 1.29 is 24.5 Å². The third kappa shape index (κ3) is 4.66. The Labute approximate surface area is 148 Å². The summed E-state index contributed by atoms with van der Waals surface area (Å²) in [4.78, 5) is 22.7. The number of carbonyl (C=O) groups is 2. The van der Waals surface area contributed by atoms with E-state index in [-0.39, 0.29) is 22.7 Å². The van der Waals surface area contributed by atoms with E-state index in [9.17, 15) is 19.8 Å². The molecular formula is C18H17BrO5. The maximum Gasteiger partial charge on any atom is 0.335 e. The van der Waals surface area contributed by atoms with Gasteiger partial charge in [0.1, 0.15) is 5.52 Å². The van der Waals surface area contributed by atoms with Gasteiger partial charge in [-0.15, -0.1) is 0 Å². The Bertz CT molecular complexity index is 669. The van der Waals surface area contributed by atoms with E-state index in [1.54, 1.807) is 48.5 Å². The average Bonchev–Trinajstić information content (AvgIpc) is 2.55. The highest BCUT2D eigenvalue weighted by atomic mass is 79.9. The monoisotopic (exact) mass is 392 g/mol. The van der Waals surface area contributed by atoms with Gasteiger partial charge in [0.05, 0.1) is 17.2 Å². The number of aromatic carboxylic acids is 2. The van der Waals surface area contributed by atoms with Crippen molar-refractivity contribution in [1.29, 1.82) is 0 Å². The van der Waals surface area contributed by atoms with E-state index in [1.165, 1.54) is 0 Å². The van der Waals surface area contributed by atoms with Gasteiger partial charge in [-0.2, -0.15) is 0 Å². The zero-order valence-corrected chi connectivity index (χ0v) is 14.4. The second kappa shape index (κ2) is 8.61. The molecule has 2 aromatic carbocycles. The number of carboxylic acid groups (broad SMARTS) is 2. The first-order valence-corrected chi connectivity index (χ1v) is 8.45. The van der Waals surface area contributed by atoms with E-state index >= 15 is 0 Å². The van der Waals surface area contributed by atoms with Crippen LogP contribution in [0.2, 0.25) is 0 Å². The zero-order chi connectivity index (χ0) is 17.5. The first kappa shape index (κ1) is 18.2. The quantitative estimate of drug-likeness (QED) is 0.670. The van der Waals surface area contributed by atoms with E-state index < -0.39 is 11.9 Å². The van der Waals surface area contributed by atoms with Gasteiger partial charge in [0.2, 0.25) is 0 Å². The molecule has 2 aromatic rings.